The van der Waals surface area contributed by atoms with E-state index in [1.54, 1.807) is 0 Å². The fourth-order valence-electron chi connectivity index (χ4n) is 2.01. The van der Waals surface area contributed by atoms with E-state index in [2.05, 4.69) is 5.32 Å². The molecule has 0 heterocycles. The number of hydrogen-bond donors (Lipinski definition) is 1. The summed E-state index contributed by atoms with van der Waals surface area (Å²) in [5.74, 6) is 0. The number of alkyl carbamates (subject to hydrolysis) is 1. The summed E-state index contributed by atoms with van der Waals surface area (Å²) in [6.07, 6.45) is 0.387. The van der Waals surface area contributed by atoms with Crippen molar-refractivity contribution >= 4 is 12.4 Å². The highest BCUT2D eigenvalue weighted by Crippen LogP contribution is 2.32. The van der Waals surface area contributed by atoms with Gasteiger partial charge in [0.15, 0.2) is 0 Å². The maximum Gasteiger partial charge on any atom is 0.407 e. The van der Waals surface area contributed by atoms with E-state index in [0.29, 0.717) is 0 Å². The SMILES string of the molecule is CC(C)(C)OC(=O)NC(C(C)(C)C)C(C)(C)C=O. The van der Waals surface area contributed by atoms with Crippen molar-refractivity contribution in [2.45, 2.75) is 67.0 Å². The third-order valence-electron chi connectivity index (χ3n) is 2.57. The number of carbonyl (C=O) groups is 2. The van der Waals surface area contributed by atoms with Crippen LogP contribution in [-0.2, 0) is 9.53 Å². The summed E-state index contributed by atoms with van der Waals surface area (Å²) in [4.78, 5) is 23.0. The highest BCUT2D eigenvalue weighted by Gasteiger charge is 2.39. The van der Waals surface area contributed by atoms with E-state index in [-0.39, 0.29) is 11.5 Å². The first-order chi connectivity index (χ1) is 7.79. The molecule has 0 spiro atoms. The Morgan fingerprint density at radius 1 is 1.06 bits per heavy atom. The first kappa shape index (κ1) is 16.9. The lowest BCUT2D eigenvalue weighted by atomic mass is 9.72. The molecule has 0 aliphatic carbocycles. The van der Waals surface area contributed by atoms with Crippen LogP contribution in [-0.4, -0.2) is 24.0 Å². The van der Waals surface area contributed by atoms with E-state index in [1.807, 2.05) is 55.4 Å². The van der Waals surface area contributed by atoms with Crippen LogP contribution in [0.1, 0.15) is 55.4 Å². The lowest BCUT2D eigenvalue weighted by molar-refractivity contribution is -0.117. The molecule has 1 unspecified atom stereocenters. The Hall–Kier alpha value is -1.06. The highest BCUT2D eigenvalue weighted by molar-refractivity contribution is 5.70. The van der Waals surface area contributed by atoms with Crippen LogP contribution < -0.4 is 5.32 Å². The monoisotopic (exact) mass is 257 g/mol. The molecule has 0 saturated carbocycles. The quantitative estimate of drug-likeness (QED) is 0.790. The first-order valence-electron chi connectivity index (χ1n) is 6.25. The summed E-state index contributed by atoms with van der Waals surface area (Å²) in [5.41, 5.74) is -1.42. The zero-order chi connectivity index (χ0) is 14.8. The molecule has 0 rings (SSSR count). The molecule has 1 amide bonds. The Morgan fingerprint density at radius 3 is 1.78 bits per heavy atom. The molecular weight excluding hydrogens is 230 g/mol. The summed E-state index contributed by atoms with van der Waals surface area (Å²) in [6, 6.07) is -0.294. The van der Waals surface area contributed by atoms with Gasteiger partial charge >= 0.3 is 6.09 Å². The van der Waals surface area contributed by atoms with Crippen molar-refractivity contribution in [3.8, 4) is 0 Å². The summed E-state index contributed by atoms with van der Waals surface area (Å²) in [6.45, 7) is 15.0. The number of nitrogens with one attached hydrogen (secondary N) is 1. The van der Waals surface area contributed by atoms with Gasteiger partial charge in [0.1, 0.15) is 11.9 Å². The van der Waals surface area contributed by atoms with E-state index in [1.165, 1.54) is 0 Å². The van der Waals surface area contributed by atoms with Crippen LogP contribution in [0.3, 0.4) is 0 Å². The minimum Gasteiger partial charge on any atom is -0.444 e. The van der Waals surface area contributed by atoms with Crippen molar-refractivity contribution in [1.82, 2.24) is 5.32 Å². The molecule has 106 valence electrons. The van der Waals surface area contributed by atoms with Crippen molar-refractivity contribution in [3.63, 3.8) is 0 Å². The van der Waals surface area contributed by atoms with E-state index >= 15 is 0 Å². The Balaban J connectivity index is 4.95. The minimum absolute atomic E-state index is 0.235. The van der Waals surface area contributed by atoms with Crippen LogP contribution in [0.25, 0.3) is 0 Å². The second-order valence-corrected chi connectivity index (χ2v) is 7.38. The molecule has 4 heteroatoms. The average Bonchev–Trinajstić information content (AvgIpc) is 2.09. The van der Waals surface area contributed by atoms with Gasteiger partial charge in [-0.05, 0) is 26.2 Å². The summed E-state index contributed by atoms with van der Waals surface area (Å²) in [5, 5.41) is 2.81. The van der Waals surface area contributed by atoms with Crippen LogP contribution in [0.5, 0.6) is 0 Å². The van der Waals surface area contributed by atoms with Gasteiger partial charge in [0.25, 0.3) is 0 Å². The highest BCUT2D eigenvalue weighted by atomic mass is 16.6. The Morgan fingerprint density at radius 2 is 1.50 bits per heavy atom. The van der Waals surface area contributed by atoms with E-state index < -0.39 is 17.1 Å². The molecule has 0 aliphatic heterocycles. The molecule has 0 saturated heterocycles. The van der Waals surface area contributed by atoms with Gasteiger partial charge in [0.2, 0.25) is 0 Å². The second kappa shape index (κ2) is 5.29. The van der Waals surface area contributed by atoms with Crippen molar-refractivity contribution in [2.24, 2.45) is 10.8 Å². The Kier molecular flexibility index (Phi) is 4.98. The van der Waals surface area contributed by atoms with Gasteiger partial charge in [-0.1, -0.05) is 34.6 Å². The topological polar surface area (TPSA) is 55.4 Å². The number of aldehydes is 1. The predicted octanol–water partition coefficient (Wildman–Crippen LogP) is 3.15. The molecule has 0 aromatic rings. The van der Waals surface area contributed by atoms with E-state index in [0.717, 1.165) is 6.29 Å². The third-order valence-corrected chi connectivity index (χ3v) is 2.57. The fraction of sp³-hybridized carbons (Fsp3) is 0.857. The number of amides is 1. The molecule has 1 N–H and O–H groups in total. The zero-order valence-electron chi connectivity index (χ0n) is 12.9. The molecule has 18 heavy (non-hydrogen) atoms. The van der Waals surface area contributed by atoms with Gasteiger partial charge in [0, 0.05) is 11.5 Å². The summed E-state index contributed by atoms with van der Waals surface area (Å²) in [7, 11) is 0. The van der Waals surface area contributed by atoms with Gasteiger partial charge in [-0.15, -0.1) is 0 Å². The maximum absolute atomic E-state index is 11.8. The molecule has 0 radical (unpaired) electrons. The number of carbonyl (C=O) groups excluding carboxylic acids is 2. The Bertz CT molecular complexity index is 308. The second-order valence-electron chi connectivity index (χ2n) is 7.38. The zero-order valence-corrected chi connectivity index (χ0v) is 12.9. The van der Waals surface area contributed by atoms with Gasteiger partial charge in [-0.25, -0.2) is 4.79 Å². The van der Waals surface area contributed by atoms with Gasteiger partial charge in [0.05, 0.1) is 0 Å². The number of hydrogen-bond acceptors (Lipinski definition) is 3. The van der Waals surface area contributed by atoms with Crippen LogP contribution >= 0.6 is 0 Å². The summed E-state index contributed by atoms with van der Waals surface area (Å²) < 4.78 is 5.24. The Labute approximate surface area is 110 Å². The van der Waals surface area contributed by atoms with Crippen molar-refractivity contribution in [1.29, 1.82) is 0 Å². The fourth-order valence-corrected chi connectivity index (χ4v) is 2.01. The summed E-state index contributed by atoms with van der Waals surface area (Å²) >= 11 is 0. The molecule has 0 fully saturated rings. The largest absolute Gasteiger partial charge is 0.444 e. The van der Waals surface area contributed by atoms with Crippen molar-refractivity contribution < 1.29 is 14.3 Å². The number of ether oxygens (including phenoxy) is 1. The van der Waals surface area contributed by atoms with Gasteiger partial charge < -0.3 is 14.8 Å². The average molecular weight is 257 g/mol. The van der Waals surface area contributed by atoms with Crippen LogP contribution in [0.2, 0.25) is 0 Å². The van der Waals surface area contributed by atoms with E-state index in [9.17, 15) is 9.59 Å². The van der Waals surface area contributed by atoms with Crippen LogP contribution in [0, 0.1) is 10.8 Å². The molecule has 0 aromatic heterocycles. The standard InChI is InChI=1S/C14H27NO3/c1-12(2,3)10(14(7,8)9-16)15-11(17)18-13(4,5)6/h9-10H,1-8H3,(H,15,17). The normalized spacial score (nSPS) is 14.9. The van der Waals surface area contributed by atoms with Crippen LogP contribution in [0.4, 0.5) is 4.79 Å². The molecule has 0 aliphatic rings. The van der Waals surface area contributed by atoms with Gasteiger partial charge in [-0.3, -0.25) is 0 Å². The molecule has 0 bridgehead atoms. The third kappa shape index (κ3) is 5.52. The lowest BCUT2D eigenvalue weighted by Crippen LogP contribution is -2.54. The molecule has 4 nitrogen and oxygen atoms in total. The predicted molar refractivity (Wildman–Crippen MR) is 72.5 cm³/mol. The smallest absolute Gasteiger partial charge is 0.407 e. The maximum atomic E-state index is 11.8. The van der Waals surface area contributed by atoms with Crippen LogP contribution in [0.15, 0.2) is 0 Å². The molecule has 0 aromatic carbocycles. The minimum atomic E-state index is -0.644. The molecular formula is C14H27NO3. The molecule has 1 atom stereocenters. The number of rotatable bonds is 3. The van der Waals surface area contributed by atoms with Crippen molar-refractivity contribution in [3.05, 3.63) is 0 Å². The lowest BCUT2D eigenvalue weighted by Gasteiger charge is -2.40. The van der Waals surface area contributed by atoms with Gasteiger partial charge in [-0.2, -0.15) is 0 Å². The van der Waals surface area contributed by atoms with Crippen molar-refractivity contribution in [2.75, 3.05) is 0 Å². The first-order valence-corrected chi connectivity index (χ1v) is 6.25. The van der Waals surface area contributed by atoms with E-state index in [4.69, 9.17) is 4.74 Å².